The van der Waals surface area contributed by atoms with Crippen molar-refractivity contribution < 1.29 is 29.3 Å². The zero-order valence-electron chi connectivity index (χ0n) is 18.1. The minimum atomic E-state index is -1.11. The van der Waals surface area contributed by atoms with Crippen molar-refractivity contribution in [3.8, 4) is 0 Å². The Labute approximate surface area is 184 Å². The van der Waals surface area contributed by atoms with Gasteiger partial charge >= 0.3 is 0 Å². The summed E-state index contributed by atoms with van der Waals surface area (Å²) < 4.78 is 12.6. The Morgan fingerprint density at radius 3 is 2.69 bits per heavy atom. The van der Waals surface area contributed by atoms with Crippen LogP contribution in [-0.4, -0.2) is 74.6 Å². The van der Waals surface area contributed by atoms with Crippen molar-refractivity contribution in [3.63, 3.8) is 0 Å². The second-order valence-corrected chi connectivity index (χ2v) is 7.69. The van der Waals surface area contributed by atoms with Gasteiger partial charge in [0.05, 0.1) is 17.6 Å². The molecule has 1 aliphatic heterocycles. The normalized spacial score (nSPS) is 25.1. The van der Waals surface area contributed by atoms with Crippen LogP contribution in [-0.2, 0) is 14.3 Å². The minimum absolute atomic E-state index is 0.0390. The molecule has 0 saturated carbocycles. The first-order valence-corrected chi connectivity index (χ1v) is 10.2. The number of hydrogen-bond donors (Lipinski definition) is 6. The van der Waals surface area contributed by atoms with Gasteiger partial charge in [-0.3, -0.25) is 15.4 Å². The highest BCUT2D eigenvalue weighted by atomic mass is 16.6. The maximum absolute atomic E-state index is 12.8. The summed E-state index contributed by atoms with van der Waals surface area (Å²) in [6.45, 7) is 3.37. The van der Waals surface area contributed by atoms with Gasteiger partial charge in [-0.05, 0) is 5.92 Å². The molecule has 0 radical (unpaired) electrons. The molecule has 2 amide bonds. The van der Waals surface area contributed by atoms with Gasteiger partial charge in [-0.2, -0.15) is 0 Å². The summed E-state index contributed by atoms with van der Waals surface area (Å²) in [7, 11) is 1.39. The number of aromatic nitrogens is 3. The average molecular weight is 451 g/mol. The molecule has 176 valence electrons. The molecule has 32 heavy (non-hydrogen) atoms. The highest BCUT2D eigenvalue weighted by Crippen LogP contribution is 2.36. The second-order valence-electron chi connectivity index (χ2n) is 7.69. The standard InChI is InChI=1S/C19H29N7O6/c1-4-8(2)12(25-21)18(30)24-16-11-9(15(20)29)5-26(17(11)23-7-22-16)19-14(31-3)13(28)10(6-27)32-19/h5,7-8,10,12-14,19,25,27-28H,4,6,21H2,1-3H3,(H2,20,29)(H,22,23,24,30). The van der Waals surface area contributed by atoms with Crippen molar-refractivity contribution in [2.45, 2.75) is 50.8 Å². The van der Waals surface area contributed by atoms with Gasteiger partial charge in [0, 0.05) is 13.3 Å². The third-order valence-electron chi connectivity index (χ3n) is 5.83. The van der Waals surface area contributed by atoms with Gasteiger partial charge in [-0.25, -0.2) is 15.4 Å². The molecular formula is C19H29N7O6. The summed E-state index contributed by atoms with van der Waals surface area (Å²) >= 11 is 0. The third kappa shape index (κ3) is 4.18. The average Bonchev–Trinajstić information content (AvgIpc) is 3.32. The number of ether oxygens (including phenoxy) is 2. The molecule has 6 atom stereocenters. The summed E-state index contributed by atoms with van der Waals surface area (Å²) in [6, 6.07) is -0.694. The number of hydrogen-bond acceptors (Lipinski definition) is 10. The molecule has 8 N–H and O–H groups in total. The predicted molar refractivity (Wildman–Crippen MR) is 113 cm³/mol. The Hall–Kier alpha value is -2.68. The fourth-order valence-corrected chi connectivity index (χ4v) is 3.84. The van der Waals surface area contributed by atoms with Gasteiger partial charge in [-0.1, -0.05) is 20.3 Å². The number of carbonyl (C=O) groups excluding carboxylic acids is 2. The second kappa shape index (κ2) is 9.85. The highest BCUT2D eigenvalue weighted by molar-refractivity contribution is 6.11. The minimum Gasteiger partial charge on any atom is -0.394 e. The molecule has 1 aliphatic rings. The van der Waals surface area contributed by atoms with Crippen LogP contribution < -0.4 is 22.3 Å². The SMILES string of the molecule is CCC(C)C(NN)C(=O)Nc1ncnc2c1c(C(N)=O)cn2C1OC(CO)C(O)C1OC. The van der Waals surface area contributed by atoms with Crippen LogP contribution >= 0.6 is 0 Å². The molecule has 13 heteroatoms. The Bertz CT molecular complexity index is 982. The first kappa shape index (κ1) is 24.0. The number of nitrogens with two attached hydrogens (primary N) is 2. The summed E-state index contributed by atoms with van der Waals surface area (Å²) in [4.78, 5) is 33.4. The lowest BCUT2D eigenvalue weighted by molar-refractivity contribution is -0.119. The van der Waals surface area contributed by atoms with Crippen LogP contribution in [0.1, 0.15) is 36.9 Å². The van der Waals surface area contributed by atoms with Crippen molar-refractivity contribution in [2.24, 2.45) is 17.5 Å². The van der Waals surface area contributed by atoms with Crippen LogP contribution in [0, 0.1) is 5.92 Å². The number of carbonyl (C=O) groups is 2. The quantitative estimate of drug-likeness (QED) is 0.195. The molecule has 0 spiro atoms. The van der Waals surface area contributed by atoms with E-state index in [4.69, 9.17) is 21.1 Å². The highest BCUT2D eigenvalue weighted by Gasteiger charge is 2.45. The zero-order valence-corrected chi connectivity index (χ0v) is 18.1. The molecule has 0 aliphatic carbocycles. The molecule has 3 heterocycles. The molecule has 3 rings (SSSR count). The lowest BCUT2D eigenvalue weighted by Crippen LogP contribution is -2.48. The first-order valence-electron chi connectivity index (χ1n) is 10.2. The number of methoxy groups -OCH3 is 1. The van der Waals surface area contributed by atoms with E-state index in [1.807, 2.05) is 13.8 Å². The van der Waals surface area contributed by atoms with Crippen molar-refractivity contribution in [2.75, 3.05) is 19.0 Å². The summed E-state index contributed by atoms with van der Waals surface area (Å²) in [5, 5.41) is 22.8. The molecule has 1 saturated heterocycles. The number of rotatable bonds is 9. The lowest BCUT2D eigenvalue weighted by Gasteiger charge is -2.21. The Balaban J connectivity index is 2.08. The fraction of sp³-hybridized carbons (Fsp3) is 0.579. The number of fused-ring (bicyclic) bond motifs is 1. The maximum Gasteiger partial charge on any atom is 0.251 e. The number of nitrogens with zero attached hydrogens (tertiary/aromatic N) is 3. The molecule has 0 bridgehead atoms. The van der Waals surface area contributed by atoms with E-state index in [0.29, 0.717) is 6.42 Å². The molecule has 2 aromatic rings. The van der Waals surface area contributed by atoms with Crippen molar-refractivity contribution in [1.29, 1.82) is 0 Å². The van der Waals surface area contributed by atoms with Crippen LogP contribution in [0.15, 0.2) is 12.5 Å². The molecule has 6 unspecified atom stereocenters. The van der Waals surface area contributed by atoms with Crippen molar-refractivity contribution in [1.82, 2.24) is 20.0 Å². The van der Waals surface area contributed by atoms with Gasteiger partial charge in [-0.15, -0.1) is 0 Å². The van der Waals surface area contributed by atoms with E-state index in [2.05, 4.69) is 20.7 Å². The van der Waals surface area contributed by atoms with E-state index in [1.165, 1.54) is 24.2 Å². The Morgan fingerprint density at radius 2 is 2.12 bits per heavy atom. The number of aliphatic hydroxyl groups is 2. The third-order valence-corrected chi connectivity index (χ3v) is 5.83. The maximum atomic E-state index is 12.8. The van der Waals surface area contributed by atoms with E-state index in [9.17, 15) is 19.8 Å². The summed E-state index contributed by atoms with van der Waals surface area (Å²) in [5.41, 5.74) is 8.34. The van der Waals surface area contributed by atoms with E-state index in [1.54, 1.807) is 0 Å². The van der Waals surface area contributed by atoms with Crippen LogP contribution in [0.25, 0.3) is 11.0 Å². The van der Waals surface area contributed by atoms with Gasteiger partial charge in [0.2, 0.25) is 5.91 Å². The van der Waals surface area contributed by atoms with Crippen LogP contribution in [0.4, 0.5) is 5.82 Å². The molecule has 1 fully saturated rings. The predicted octanol–water partition coefficient (Wildman–Crippen LogP) is -1.39. The van der Waals surface area contributed by atoms with Crippen molar-refractivity contribution >= 4 is 28.7 Å². The summed E-state index contributed by atoms with van der Waals surface area (Å²) in [5.74, 6) is 4.35. The van der Waals surface area contributed by atoms with Gasteiger partial charge in [0.1, 0.15) is 42.1 Å². The first-order chi connectivity index (χ1) is 15.3. The number of primary amides is 1. The van der Waals surface area contributed by atoms with E-state index < -0.39 is 49.0 Å². The number of aliphatic hydroxyl groups excluding tert-OH is 2. The fourth-order valence-electron chi connectivity index (χ4n) is 3.84. The van der Waals surface area contributed by atoms with Gasteiger partial charge in [0.25, 0.3) is 5.91 Å². The topological polar surface area (TPSA) is 200 Å². The smallest absolute Gasteiger partial charge is 0.251 e. The number of nitrogens with one attached hydrogen (secondary N) is 2. The Morgan fingerprint density at radius 1 is 1.41 bits per heavy atom. The zero-order chi connectivity index (χ0) is 23.6. The van der Waals surface area contributed by atoms with Gasteiger partial charge in [0.15, 0.2) is 6.23 Å². The van der Waals surface area contributed by atoms with Crippen LogP contribution in [0.2, 0.25) is 0 Å². The number of amides is 2. The molecule has 13 nitrogen and oxygen atoms in total. The summed E-state index contributed by atoms with van der Waals surface area (Å²) in [6.07, 6.45) is -0.467. The number of hydrazine groups is 1. The van der Waals surface area contributed by atoms with Crippen molar-refractivity contribution in [3.05, 3.63) is 18.1 Å². The number of anilines is 1. The van der Waals surface area contributed by atoms with E-state index in [0.717, 1.165) is 0 Å². The Kier molecular flexibility index (Phi) is 7.38. The van der Waals surface area contributed by atoms with E-state index in [-0.39, 0.29) is 28.3 Å². The monoisotopic (exact) mass is 451 g/mol. The van der Waals surface area contributed by atoms with Crippen LogP contribution in [0.3, 0.4) is 0 Å². The van der Waals surface area contributed by atoms with E-state index >= 15 is 0 Å². The largest absolute Gasteiger partial charge is 0.394 e. The molecular weight excluding hydrogens is 422 g/mol. The van der Waals surface area contributed by atoms with Gasteiger partial charge < -0.3 is 35.3 Å². The lowest BCUT2D eigenvalue weighted by atomic mass is 9.99. The van der Waals surface area contributed by atoms with Crippen LogP contribution in [0.5, 0.6) is 0 Å². The molecule has 2 aromatic heterocycles. The molecule has 0 aromatic carbocycles.